The van der Waals surface area contributed by atoms with Crippen LogP contribution in [0.25, 0.3) is 0 Å². The van der Waals surface area contributed by atoms with Gasteiger partial charge in [0, 0.05) is 21.7 Å². The van der Waals surface area contributed by atoms with Crippen LogP contribution in [-0.2, 0) is 6.54 Å². The summed E-state index contributed by atoms with van der Waals surface area (Å²) in [4.78, 5) is 38.7. The maximum absolute atomic E-state index is 13.0. The molecule has 2 N–H and O–H groups in total. The Kier molecular flexibility index (Phi) is 5.01. The molecule has 1 amide bonds. The molecule has 0 aliphatic heterocycles. The lowest BCUT2D eigenvalue weighted by atomic mass is 9.90. The Morgan fingerprint density at radius 1 is 0.862 bits per heavy atom. The van der Waals surface area contributed by atoms with Gasteiger partial charge >= 0.3 is 0 Å². The highest BCUT2D eigenvalue weighted by molar-refractivity contribution is 6.30. The fraction of sp³-hybridized carbons (Fsp3) is 0.0455. The van der Waals surface area contributed by atoms with Crippen LogP contribution in [0.5, 0.6) is 0 Å². The number of furan rings is 1. The first kappa shape index (κ1) is 18.7. The zero-order valence-electron chi connectivity index (χ0n) is 15.1. The number of ketones is 2. The highest BCUT2D eigenvalue weighted by Crippen LogP contribution is 2.24. The number of halogens is 1. The van der Waals surface area contributed by atoms with Crippen molar-refractivity contribution in [2.45, 2.75) is 6.54 Å². The lowest BCUT2D eigenvalue weighted by Gasteiger charge is -2.22. The smallest absolute Gasteiger partial charge is 0.255 e. The van der Waals surface area contributed by atoms with Gasteiger partial charge in [0.05, 0.1) is 12.8 Å². The van der Waals surface area contributed by atoms with Crippen molar-refractivity contribution in [1.82, 2.24) is 10.6 Å². The van der Waals surface area contributed by atoms with E-state index >= 15 is 0 Å². The largest absolute Gasteiger partial charge is 0.467 e. The molecule has 1 heterocycles. The maximum Gasteiger partial charge on any atom is 0.255 e. The van der Waals surface area contributed by atoms with Crippen LogP contribution in [0, 0.1) is 0 Å². The Bertz CT molecular complexity index is 1130. The first-order chi connectivity index (χ1) is 14.0. The van der Waals surface area contributed by atoms with Crippen molar-refractivity contribution < 1.29 is 18.8 Å². The summed E-state index contributed by atoms with van der Waals surface area (Å²) in [5, 5.41) is 6.02. The van der Waals surface area contributed by atoms with Crippen LogP contribution in [0.2, 0.25) is 5.02 Å². The highest BCUT2D eigenvalue weighted by Gasteiger charge is 2.33. The molecule has 6 nitrogen and oxygen atoms in total. The number of hydrogen-bond acceptors (Lipinski definition) is 5. The van der Waals surface area contributed by atoms with Crippen LogP contribution in [-0.4, -0.2) is 17.5 Å². The molecule has 0 unspecified atom stereocenters. The molecule has 3 aromatic rings. The van der Waals surface area contributed by atoms with E-state index in [-0.39, 0.29) is 34.8 Å². The lowest BCUT2D eigenvalue weighted by Crippen LogP contribution is -2.38. The van der Waals surface area contributed by atoms with E-state index in [0.717, 1.165) is 0 Å². The Morgan fingerprint density at radius 2 is 1.52 bits per heavy atom. The van der Waals surface area contributed by atoms with Gasteiger partial charge in [-0.2, -0.15) is 0 Å². The number of fused-ring (bicyclic) bond motifs is 1. The molecule has 0 radical (unpaired) electrons. The molecule has 4 rings (SSSR count). The summed E-state index contributed by atoms with van der Waals surface area (Å²) >= 11 is 5.86. The zero-order chi connectivity index (χ0) is 20.4. The third-order valence-electron chi connectivity index (χ3n) is 4.48. The molecule has 0 atom stereocenters. The maximum atomic E-state index is 13.0. The monoisotopic (exact) mass is 406 g/mol. The highest BCUT2D eigenvalue weighted by atomic mass is 35.5. The molecule has 0 spiro atoms. The molecule has 0 fully saturated rings. The molecule has 7 heteroatoms. The average molecular weight is 407 g/mol. The molecule has 1 aliphatic carbocycles. The summed E-state index contributed by atoms with van der Waals surface area (Å²) < 4.78 is 5.27. The van der Waals surface area contributed by atoms with Gasteiger partial charge in [-0.25, -0.2) is 0 Å². The second kappa shape index (κ2) is 7.77. The number of hydrogen-bond donors (Lipinski definition) is 2. The lowest BCUT2D eigenvalue weighted by molar-refractivity contribution is 0.0917. The van der Waals surface area contributed by atoms with Gasteiger partial charge < -0.3 is 15.1 Å². The quantitative estimate of drug-likeness (QED) is 0.673. The van der Waals surface area contributed by atoms with Gasteiger partial charge in [0.2, 0.25) is 11.6 Å². The first-order valence-corrected chi connectivity index (χ1v) is 9.18. The van der Waals surface area contributed by atoms with Crippen LogP contribution < -0.4 is 10.6 Å². The Morgan fingerprint density at radius 3 is 2.14 bits per heavy atom. The number of rotatable bonds is 5. The third-order valence-corrected chi connectivity index (χ3v) is 4.74. The van der Waals surface area contributed by atoms with E-state index < -0.39 is 11.7 Å². The Labute approximate surface area is 171 Å². The Balaban J connectivity index is 1.70. The first-order valence-electron chi connectivity index (χ1n) is 8.80. The molecule has 29 heavy (non-hydrogen) atoms. The number of Topliss-reactive ketones (excluding diaryl/α,β-unsaturated/α-hetero) is 2. The average Bonchev–Trinajstić information content (AvgIpc) is 3.25. The number of nitrogens with one attached hydrogen (secondary N) is 2. The van der Waals surface area contributed by atoms with Crippen LogP contribution in [0.1, 0.15) is 36.8 Å². The van der Waals surface area contributed by atoms with Crippen LogP contribution in [0.15, 0.2) is 82.7 Å². The Hall–Kier alpha value is -3.64. The van der Waals surface area contributed by atoms with Gasteiger partial charge in [-0.05, 0) is 36.4 Å². The van der Waals surface area contributed by atoms with Gasteiger partial charge in [0.1, 0.15) is 17.2 Å². The molecule has 0 saturated carbocycles. The standard InChI is InChI=1S/C22H15ClN2O4/c23-14-9-7-13(8-10-14)22(28)25-19-18(24-12-15-4-3-11-29-15)20(26)16-5-1-2-6-17(16)21(19)27/h1-11,24H,12H2,(H,25,28). The van der Waals surface area contributed by atoms with Crippen molar-refractivity contribution in [3.8, 4) is 0 Å². The minimum absolute atomic E-state index is 0.0208. The van der Waals surface area contributed by atoms with E-state index in [1.165, 1.54) is 18.4 Å². The number of benzene rings is 2. The number of carbonyl (C=O) groups excluding carboxylic acids is 3. The van der Waals surface area contributed by atoms with E-state index in [4.69, 9.17) is 16.0 Å². The molecule has 0 saturated heterocycles. The van der Waals surface area contributed by atoms with E-state index in [9.17, 15) is 14.4 Å². The van der Waals surface area contributed by atoms with Gasteiger partial charge in [-0.1, -0.05) is 35.9 Å². The normalized spacial score (nSPS) is 13.3. The van der Waals surface area contributed by atoms with E-state index in [1.807, 2.05) is 0 Å². The van der Waals surface area contributed by atoms with E-state index in [2.05, 4.69) is 10.6 Å². The van der Waals surface area contributed by atoms with Crippen molar-refractivity contribution in [3.05, 3.63) is 106 Å². The second-order valence-electron chi connectivity index (χ2n) is 6.35. The van der Waals surface area contributed by atoms with Gasteiger partial charge in [-0.3, -0.25) is 14.4 Å². The van der Waals surface area contributed by atoms with Crippen molar-refractivity contribution in [2.75, 3.05) is 0 Å². The predicted octanol–water partition coefficient (Wildman–Crippen LogP) is 3.74. The van der Waals surface area contributed by atoms with Gasteiger partial charge in [0.25, 0.3) is 5.91 Å². The van der Waals surface area contributed by atoms with Crippen molar-refractivity contribution in [1.29, 1.82) is 0 Å². The zero-order valence-corrected chi connectivity index (χ0v) is 15.8. The fourth-order valence-corrected chi connectivity index (χ4v) is 3.17. The van der Waals surface area contributed by atoms with Crippen LogP contribution in [0.3, 0.4) is 0 Å². The summed E-state index contributed by atoms with van der Waals surface area (Å²) in [7, 11) is 0. The summed E-state index contributed by atoms with van der Waals surface area (Å²) in [6.07, 6.45) is 1.51. The van der Waals surface area contributed by atoms with Crippen molar-refractivity contribution in [3.63, 3.8) is 0 Å². The summed E-state index contributed by atoms with van der Waals surface area (Å²) in [5.74, 6) is -0.753. The molecular formula is C22H15ClN2O4. The minimum atomic E-state index is -0.519. The van der Waals surface area contributed by atoms with E-state index in [0.29, 0.717) is 16.3 Å². The molecule has 1 aromatic heterocycles. The van der Waals surface area contributed by atoms with Crippen LogP contribution >= 0.6 is 11.6 Å². The molecule has 144 valence electrons. The molecular weight excluding hydrogens is 392 g/mol. The summed E-state index contributed by atoms with van der Waals surface area (Å²) in [6.45, 7) is 0.184. The van der Waals surface area contributed by atoms with Crippen molar-refractivity contribution >= 4 is 29.1 Å². The topological polar surface area (TPSA) is 88.4 Å². The second-order valence-corrected chi connectivity index (χ2v) is 6.78. The fourth-order valence-electron chi connectivity index (χ4n) is 3.04. The molecule has 0 bridgehead atoms. The summed E-state index contributed by atoms with van der Waals surface area (Å²) in [6, 6.07) is 16.2. The number of amides is 1. The summed E-state index contributed by atoms with van der Waals surface area (Å²) in [5.41, 5.74) is 0.760. The molecule has 2 aromatic carbocycles. The molecule has 1 aliphatic rings. The number of carbonyl (C=O) groups is 3. The minimum Gasteiger partial charge on any atom is -0.467 e. The van der Waals surface area contributed by atoms with Gasteiger partial charge in [-0.15, -0.1) is 0 Å². The van der Waals surface area contributed by atoms with Gasteiger partial charge in [0.15, 0.2) is 0 Å². The number of allylic oxidation sites excluding steroid dienone is 2. The van der Waals surface area contributed by atoms with Crippen LogP contribution in [0.4, 0.5) is 0 Å². The van der Waals surface area contributed by atoms with Crippen molar-refractivity contribution in [2.24, 2.45) is 0 Å². The van der Waals surface area contributed by atoms with E-state index in [1.54, 1.807) is 48.5 Å². The third kappa shape index (κ3) is 3.70. The SMILES string of the molecule is O=C(NC1=C(NCc2ccco2)C(=O)c2ccccc2C1=O)c1ccc(Cl)cc1. The predicted molar refractivity (Wildman–Crippen MR) is 107 cm³/mol.